The van der Waals surface area contributed by atoms with E-state index in [0.29, 0.717) is 16.7 Å². The van der Waals surface area contributed by atoms with Gasteiger partial charge in [0.25, 0.3) is 0 Å². The summed E-state index contributed by atoms with van der Waals surface area (Å²) in [6, 6.07) is 18.1. The lowest BCUT2D eigenvalue weighted by molar-refractivity contribution is 0.103. The average molecular weight is 369 g/mol. The maximum absolute atomic E-state index is 12.5. The smallest absolute Gasteiger partial charge is 0.212 e. The number of piperidine rings is 1. The predicted octanol–water partition coefficient (Wildman–Crippen LogP) is 4.09. The summed E-state index contributed by atoms with van der Waals surface area (Å²) in [4.78, 5) is 23.7. The first-order valence-corrected chi connectivity index (χ1v) is 9.96. The first kappa shape index (κ1) is 17.1. The second-order valence-corrected chi connectivity index (χ2v) is 8.06. The monoisotopic (exact) mass is 369 g/mol. The van der Waals surface area contributed by atoms with Gasteiger partial charge in [0.2, 0.25) is 5.78 Å². The second kappa shape index (κ2) is 6.86. The number of ketones is 1. The fourth-order valence-corrected chi connectivity index (χ4v) is 4.68. The van der Waals surface area contributed by atoms with Crippen LogP contribution in [0.5, 0.6) is 0 Å². The van der Waals surface area contributed by atoms with Crippen LogP contribution in [0.1, 0.15) is 40.0 Å². The number of carbonyl (C=O) groups is 1. The summed E-state index contributed by atoms with van der Waals surface area (Å²) in [5, 5.41) is 0. The van der Waals surface area contributed by atoms with Crippen LogP contribution in [-0.4, -0.2) is 28.8 Å². The highest BCUT2D eigenvalue weighted by Gasteiger charge is 2.39. The van der Waals surface area contributed by atoms with Gasteiger partial charge < -0.3 is 4.90 Å². The van der Waals surface area contributed by atoms with Crippen LogP contribution in [0.3, 0.4) is 0 Å². The van der Waals surface area contributed by atoms with Gasteiger partial charge in [0.15, 0.2) is 0 Å². The van der Waals surface area contributed by atoms with Crippen LogP contribution >= 0.6 is 0 Å². The molecule has 0 saturated carbocycles. The van der Waals surface area contributed by atoms with Gasteiger partial charge >= 0.3 is 0 Å². The summed E-state index contributed by atoms with van der Waals surface area (Å²) < 4.78 is 0. The van der Waals surface area contributed by atoms with Crippen LogP contribution in [0.15, 0.2) is 67.0 Å². The Morgan fingerprint density at radius 2 is 1.46 bits per heavy atom. The van der Waals surface area contributed by atoms with E-state index in [1.54, 1.807) is 12.4 Å². The number of carbonyl (C=O) groups excluding carboxylic acids is 1. The van der Waals surface area contributed by atoms with Crippen molar-refractivity contribution in [1.29, 1.82) is 0 Å². The molecule has 1 saturated heterocycles. The zero-order valence-electron chi connectivity index (χ0n) is 15.8. The molecule has 0 unspecified atom stereocenters. The van der Waals surface area contributed by atoms with Crippen LogP contribution in [-0.2, 0) is 12.8 Å². The summed E-state index contributed by atoms with van der Waals surface area (Å²) in [7, 11) is 0. The highest BCUT2D eigenvalue weighted by atomic mass is 16.1. The molecule has 1 aliphatic heterocycles. The van der Waals surface area contributed by atoms with E-state index in [1.807, 2.05) is 30.3 Å². The van der Waals surface area contributed by atoms with E-state index in [2.05, 4.69) is 39.1 Å². The highest BCUT2D eigenvalue weighted by molar-refractivity contribution is 6.07. The van der Waals surface area contributed by atoms with Crippen molar-refractivity contribution in [1.82, 2.24) is 9.97 Å². The van der Waals surface area contributed by atoms with Crippen LogP contribution in [0.2, 0.25) is 0 Å². The molecule has 0 atom stereocenters. The molecule has 5 rings (SSSR count). The Kier molecular flexibility index (Phi) is 4.19. The third-order valence-electron chi connectivity index (χ3n) is 6.30. The topological polar surface area (TPSA) is 46.1 Å². The molecule has 28 heavy (non-hydrogen) atoms. The number of nitrogens with zero attached hydrogens (tertiary/aromatic N) is 3. The summed E-state index contributed by atoms with van der Waals surface area (Å²) in [6.45, 7) is 1.99. The summed E-state index contributed by atoms with van der Waals surface area (Å²) in [5.41, 5.74) is 4.51. The molecular formula is C24H23N3O. The van der Waals surface area contributed by atoms with Gasteiger partial charge in [0.1, 0.15) is 11.5 Å². The lowest BCUT2D eigenvalue weighted by atomic mass is 9.76. The van der Waals surface area contributed by atoms with E-state index in [9.17, 15) is 4.79 Å². The number of rotatable bonds is 3. The second-order valence-electron chi connectivity index (χ2n) is 8.06. The van der Waals surface area contributed by atoms with E-state index in [1.165, 1.54) is 36.8 Å². The standard InChI is InChI=1S/C24H23N3O/c28-23(18-6-2-1-3-7-18)21-16-26-22(17-25-21)27-12-10-24(11-13-27)14-19-8-4-5-9-20(19)15-24/h1-9,16-17H,10-15H2. The van der Waals surface area contributed by atoms with Crippen molar-refractivity contribution in [3.8, 4) is 0 Å². The minimum Gasteiger partial charge on any atom is -0.355 e. The Labute approximate surface area is 165 Å². The Morgan fingerprint density at radius 1 is 0.821 bits per heavy atom. The molecule has 2 aromatic carbocycles. The first-order chi connectivity index (χ1) is 13.7. The number of benzene rings is 2. The highest BCUT2D eigenvalue weighted by Crippen LogP contribution is 2.44. The third-order valence-corrected chi connectivity index (χ3v) is 6.30. The Balaban J connectivity index is 1.26. The zero-order chi connectivity index (χ0) is 19.0. The largest absolute Gasteiger partial charge is 0.355 e. The van der Waals surface area contributed by atoms with Crippen molar-refractivity contribution < 1.29 is 4.79 Å². The molecule has 0 amide bonds. The number of aromatic nitrogens is 2. The van der Waals surface area contributed by atoms with Crippen molar-refractivity contribution in [2.75, 3.05) is 18.0 Å². The fourth-order valence-electron chi connectivity index (χ4n) is 4.68. The van der Waals surface area contributed by atoms with Gasteiger partial charge in [-0.25, -0.2) is 9.97 Å². The Bertz CT molecular complexity index is 963. The van der Waals surface area contributed by atoms with Crippen molar-refractivity contribution in [3.63, 3.8) is 0 Å². The maximum Gasteiger partial charge on any atom is 0.212 e. The van der Waals surface area contributed by atoms with E-state index in [-0.39, 0.29) is 5.78 Å². The molecule has 3 aromatic rings. The number of fused-ring (bicyclic) bond motifs is 1. The van der Waals surface area contributed by atoms with Crippen molar-refractivity contribution in [3.05, 3.63) is 89.4 Å². The van der Waals surface area contributed by atoms with E-state index >= 15 is 0 Å². The normalized spacial score (nSPS) is 17.5. The number of hydrogen-bond donors (Lipinski definition) is 0. The fraction of sp³-hybridized carbons (Fsp3) is 0.292. The van der Waals surface area contributed by atoms with Crippen LogP contribution in [0.25, 0.3) is 0 Å². The Morgan fingerprint density at radius 3 is 2.07 bits per heavy atom. The lowest BCUT2D eigenvalue weighted by Gasteiger charge is -2.39. The SMILES string of the molecule is O=C(c1ccccc1)c1cnc(N2CCC3(CC2)Cc2ccccc2C3)cn1. The van der Waals surface area contributed by atoms with Crippen molar-refractivity contribution in [2.45, 2.75) is 25.7 Å². The van der Waals surface area contributed by atoms with Gasteiger partial charge in [-0.1, -0.05) is 54.6 Å². The molecule has 1 fully saturated rings. The number of hydrogen-bond acceptors (Lipinski definition) is 4. The van der Waals surface area contributed by atoms with Crippen LogP contribution < -0.4 is 4.90 Å². The molecule has 1 aromatic heterocycles. The molecule has 4 nitrogen and oxygen atoms in total. The van der Waals surface area contributed by atoms with Gasteiger partial charge in [0.05, 0.1) is 12.4 Å². The molecule has 0 radical (unpaired) electrons. The molecule has 0 N–H and O–H groups in total. The van der Waals surface area contributed by atoms with Crippen LogP contribution in [0, 0.1) is 5.41 Å². The first-order valence-electron chi connectivity index (χ1n) is 9.96. The Hall–Kier alpha value is -3.01. The molecule has 140 valence electrons. The molecular weight excluding hydrogens is 346 g/mol. The van der Waals surface area contributed by atoms with Gasteiger partial charge in [-0.2, -0.15) is 0 Å². The molecule has 2 heterocycles. The van der Waals surface area contributed by atoms with Gasteiger partial charge in [-0.15, -0.1) is 0 Å². The third kappa shape index (κ3) is 3.09. The summed E-state index contributed by atoms with van der Waals surface area (Å²) in [5.74, 6) is 0.788. The quantitative estimate of drug-likeness (QED) is 0.652. The van der Waals surface area contributed by atoms with Gasteiger partial charge in [-0.3, -0.25) is 4.79 Å². The van der Waals surface area contributed by atoms with Crippen molar-refractivity contribution in [2.24, 2.45) is 5.41 Å². The summed E-state index contributed by atoms with van der Waals surface area (Å²) >= 11 is 0. The summed E-state index contributed by atoms with van der Waals surface area (Å²) in [6.07, 6.45) is 8.11. The molecule has 1 aliphatic carbocycles. The molecule has 4 heteroatoms. The van der Waals surface area contributed by atoms with Gasteiger partial charge in [0, 0.05) is 18.7 Å². The average Bonchev–Trinajstić information content (AvgIpc) is 3.12. The van der Waals surface area contributed by atoms with E-state index in [0.717, 1.165) is 18.9 Å². The van der Waals surface area contributed by atoms with E-state index in [4.69, 9.17) is 0 Å². The molecule has 2 aliphatic rings. The molecule has 1 spiro atoms. The number of anilines is 1. The minimum absolute atomic E-state index is 0.0824. The zero-order valence-corrected chi connectivity index (χ0v) is 15.8. The maximum atomic E-state index is 12.5. The molecule has 0 bridgehead atoms. The van der Waals surface area contributed by atoms with Crippen molar-refractivity contribution >= 4 is 11.6 Å². The van der Waals surface area contributed by atoms with E-state index < -0.39 is 0 Å². The van der Waals surface area contributed by atoms with Crippen LogP contribution in [0.4, 0.5) is 5.82 Å². The lowest BCUT2D eigenvalue weighted by Crippen LogP contribution is -2.41. The predicted molar refractivity (Wildman–Crippen MR) is 110 cm³/mol. The van der Waals surface area contributed by atoms with Gasteiger partial charge in [-0.05, 0) is 42.2 Å². The minimum atomic E-state index is -0.0824.